The van der Waals surface area contributed by atoms with Crippen molar-refractivity contribution >= 4 is 17.3 Å². The zero-order valence-corrected chi connectivity index (χ0v) is 14.4. The SMILES string of the molecule is Cc1cc(C)cc(NC(N)=NCC(C)N(C)c2ccccc2)c1. The molecule has 0 saturated heterocycles. The summed E-state index contributed by atoms with van der Waals surface area (Å²) in [4.78, 5) is 6.67. The maximum absolute atomic E-state index is 6.01. The number of guanidine groups is 1. The summed E-state index contributed by atoms with van der Waals surface area (Å²) >= 11 is 0. The lowest BCUT2D eigenvalue weighted by Crippen LogP contribution is -2.33. The van der Waals surface area contributed by atoms with Crippen molar-refractivity contribution in [2.45, 2.75) is 26.8 Å². The van der Waals surface area contributed by atoms with E-state index < -0.39 is 0 Å². The molecule has 4 nitrogen and oxygen atoms in total. The summed E-state index contributed by atoms with van der Waals surface area (Å²) in [5, 5.41) is 3.17. The van der Waals surface area contributed by atoms with Crippen LogP contribution in [0.4, 0.5) is 11.4 Å². The van der Waals surface area contributed by atoms with E-state index in [9.17, 15) is 0 Å². The maximum Gasteiger partial charge on any atom is 0.193 e. The lowest BCUT2D eigenvalue weighted by Gasteiger charge is -2.25. The fraction of sp³-hybridized carbons (Fsp3) is 0.316. The number of benzene rings is 2. The van der Waals surface area contributed by atoms with E-state index >= 15 is 0 Å². The Labute approximate surface area is 139 Å². The van der Waals surface area contributed by atoms with Gasteiger partial charge >= 0.3 is 0 Å². The van der Waals surface area contributed by atoms with Crippen LogP contribution in [-0.2, 0) is 0 Å². The number of nitrogens with two attached hydrogens (primary N) is 1. The Morgan fingerprint density at radius 3 is 2.35 bits per heavy atom. The molecule has 4 heteroatoms. The van der Waals surface area contributed by atoms with Gasteiger partial charge in [0.25, 0.3) is 0 Å². The van der Waals surface area contributed by atoms with E-state index in [4.69, 9.17) is 5.73 Å². The molecule has 0 aliphatic carbocycles. The maximum atomic E-state index is 6.01. The molecule has 0 spiro atoms. The second kappa shape index (κ2) is 7.68. The smallest absolute Gasteiger partial charge is 0.193 e. The molecule has 0 fully saturated rings. The molecule has 2 aromatic rings. The lowest BCUT2D eigenvalue weighted by molar-refractivity contribution is 0.696. The van der Waals surface area contributed by atoms with Crippen LogP contribution in [0, 0.1) is 13.8 Å². The molecule has 0 bridgehead atoms. The number of hydrogen-bond donors (Lipinski definition) is 2. The van der Waals surface area contributed by atoms with E-state index in [0.29, 0.717) is 12.5 Å². The van der Waals surface area contributed by atoms with Crippen molar-refractivity contribution < 1.29 is 0 Å². The van der Waals surface area contributed by atoms with Crippen molar-refractivity contribution in [1.29, 1.82) is 0 Å². The third kappa shape index (κ3) is 5.02. The van der Waals surface area contributed by atoms with Gasteiger partial charge in [0.1, 0.15) is 0 Å². The summed E-state index contributed by atoms with van der Waals surface area (Å²) < 4.78 is 0. The third-order valence-electron chi connectivity index (χ3n) is 3.84. The molecular formula is C19H26N4. The zero-order chi connectivity index (χ0) is 16.8. The van der Waals surface area contributed by atoms with Gasteiger partial charge in [0.15, 0.2) is 5.96 Å². The number of aryl methyl sites for hydroxylation is 2. The first-order chi connectivity index (χ1) is 11.0. The Balaban J connectivity index is 1.96. The van der Waals surface area contributed by atoms with Crippen molar-refractivity contribution in [3.63, 3.8) is 0 Å². The highest BCUT2D eigenvalue weighted by atomic mass is 15.2. The van der Waals surface area contributed by atoms with E-state index in [1.807, 2.05) is 18.2 Å². The van der Waals surface area contributed by atoms with Crippen LogP contribution in [0.2, 0.25) is 0 Å². The highest BCUT2D eigenvalue weighted by Gasteiger charge is 2.09. The van der Waals surface area contributed by atoms with Crippen LogP contribution in [0.25, 0.3) is 0 Å². The van der Waals surface area contributed by atoms with Gasteiger partial charge in [-0.05, 0) is 56.2 Å². The van der Waals surface area contributed by atoms with Gasteiger partial charge in [0.2, 0.25) is 0 Å². The highest BCUT2D eigenvalue weighted by molar-refractivity contribution is 5.92. The van der Waals surface area contributed by atoms with Crippen LogP contribution in [0.3, 0.4) is 0 Å². The molecule has 0 saturated carbocycles. The van der Waals surface area contributed by atoms with Gasteiger partial charge in [-0.1, -0.05) is 24.3 Å². The Hall–Kier alpha value is -2.49. The summed E-state index contributed by atoms with van der Waals surface area (Å²) in [5.41, 5.74) is 10.6. The molecular weight excluding hydrogens is 284 g/mol. The Bertz CT molecular complexity index is 644. The first-order valence-electron chi connectivity index (χ1n) is 7.89. The molecule has 0 heterocycles. The number of nitrogens with one attached hydrogen (secondary N) is 1. The quantitative estimate of drug-likeness (QED) is 0.656. The number of anilines is 2. The van der Waals surface area contributed by atoms with Gasteiger partial charge in [0, 0.05) is 24.5 Å². The van der Waals surface area contributed by atoms with E-state index in [2.05, 4.69) is 73.4 Å². The largest absolute Gasteiger partial charge is 0.370 e. The fourth-order valence-corrected chi connectivity index (χ4v) is 2.50. The van der Waals surface area contributed by atoms with Crippen LogP contribution < -0.4 is 16.0 Å². The number of nitrogens with zero attached hydrogens (tertiary/aromatic N) is 2. The molecule has 0 aliphatic heterocycles. The molecule has 2 aromatic carbocycles. The molecule has 0 amide bonds. The van der Waals surface area contributed by atoms with Crippen molar-refractivity contribution in [3.8, 4) is 0 Å². The van der Waals surface area contributed by atoms with Crippen molar-refractivity contribution in [2.75, 3.05) is 23.8 Å². The first-order valence-corrected chi connectivity index (χ1v) is 7.89. The molecule has 0 aliphatic rings. The standard InChI is InChI=1S/C19H26N4/c1-14-10-15(2)12-17(11-14)22-19(20)21-13-16(3)23(4)18-8-6-5-7-9-18/h5-12,16H,13H2,1-4H3,(H3,20,21,22). The zero-order valence-electron chi connectivity index (χ0n) is 14.4. The molecule has 2 rings (SSSR count). The molecule has 0 aromatic heterocycles. The number of para-hydroxylation sites is 1. The van der Waals surface area contributed by atoms with Gasteiger partial charge in [0.05, 0.1) is 6.54 Å². The van der Waals surface area contributed by atoms with Crippen LogP contribution in [0.1, 0.15) is 18.1 Å². The van der Waals surface area contributed by atoms with Gasteiger partial charge in [-0.15, -0.1) is 0 Å². The second-order valence-corrected chi connectivity index (χ2v) is 6.02. The fourth-order valence-electron chi connectivity index (χ4n) is 2.50. The van der Waals surface area contributed by atoms with Crippen LogP contribution in [0.5, 0.6) is 0 Å². The lowest BCUT2D eigenvalue weighted by atomic mass is 10.1. The summed E-state index contributed by atoms with van der Waals surface area (Å²) in [5.74, 6) is 0.448. The minimum absolute atomic E-state index is 0.261. The molecule has 3 N–H and O–H groups in total. The Morgan fingerprint density at radius 1 is 1.13 bits per heavy atom. The minimum atomic E-state index is 0.261. The predicted octanol–water partition coefficient (Wildman–Crippen LogP) is 3.55. The van der Waals surface area contributed by atoms with Crippen LogP contribution in [0.15, 0.2) is 53.5 Å². The number of hydrogen-bond acceptors (Lipinski definition) is 2. The summed E-state index contributed by atoms with van der Waals surface area (Å²) in [6.45, 7) is 6.92. The summed E-state index contributed by atoms with van der Waals surface area (Å²) in [7, 11) is 2.07. The van der Waals surface area contributed by atoms with Crippen molar-refractivity contribution in [3.05, 3.63) is 59.7 Å². The molecule has 122 valence electrons. The highest BCUT2D eigenvalue weighted by Crippen LogP contribution is 2.15. The normalized spacial score (nSPS) is 12.8. The monoisotopic (exact) mass is 310 g/mol. The number of likely N-dealkylation sites (N-methyl/N-ethyl adjacent to an activating group) is 1. The third-order valence-corrected chi connectivity index (χ3v) is 3.84. The molecule has 23 heavy (non-hydrogen) atoms. The number of aliphatic imine (C=N–C) groups is 1. The summed E-state index contributed by atoms with van der Waals surface area (Å²) in [6.07, 6.45) is 0. The summed E-state index contributed by atoms with van der Waals surface area (Å²) in [6, 6.07) is 16.8. The van der Waals surface area contributed by atoms with Gasteiger partial charge in [-0.3, -0.25) is 4.99 Å². The molecule has 1 atom stereocenters. The van der Waals surface area contributed by atoms with Crippen molar-refractivity contribution in [1.82, 2.24) is 0 Å². The van der Waals surface area contributed by atoms with E-state index in [1.54, 1.807) is 0 Å². The second-order valence-electron chi connectivity index (χ2n) is 6.02. The molecule has 1 unspecified atom stereocenters. The average Bonchev–Trinajstić information content (AvgIpc) is 2.51. The first kappa shape index (κ1) is 16.9. The van der Waals surface area contributed by atoms with E-state index in [0.717, 1.165) is 5.69 Å². The van der Waals surface area contributed by atoms with Crippen LogP contribution >= 0.6 is 0 Å². The van der Waals surface area contributed by atoms with Gasteiger partial charge < -0.3 is 16.0 Å². The Morgan fingerprint density at radius 2 is 1.74 bits per heavy atom. The Kier molecular flexibility index (Phi) is 5.63. The van der Waals surface area contributed by atoms with E-state index in [1.165, 1.54) is 16.8 Å². The predicted molar refractivity (Wildman–Crippen MR) is 100 cm³/mol. The van der Waals surface area contributed by atoms with Crippen LogP contribution in [-0.4, -0.2) is 25.6 Å². The number of rotatable bonds is 5. The minimum Gasteiger partial charge on any atom is -0.370 e. The van der Waals surface area contributed by atoms with E-state index in [-0.39, 0.29) is 6.04 Å². The van der Waals surface area contributed by atoms with Gasteiger partial charge in [-0.25, -0.2) is 0 Å². The topological polar surface area (TPSA) is 53.6 Å². The average molecular weight is 310 g/mol. The van der Waals surface area contributed by atoms with Crippen molar-refractivity contribution in [2.24, 2.45) is 10.7 Å². The molecule has 0 radical (unpaired) electrons. The van der Waals surface area contributed by atoms with Gasteiger partial charge in [-0.2, -0.15) is 0 Å².